The van der Waals surface area contributed by atoms with Gasteiger partial charge in [-0.3, -0.25) is 0 Å². The summed E-state index contributed by atoms with van der Waals surface area (Å²) in [7, 11) is 5.79. The number of aromatic nitrogens is 3. The second kappa shape index (κ2) is 15.0. The van der Waals surface area contributed by atoms with E-state index in [-0.39, 0.29) is 17.6 Å². The lowest BCUT2D eigenvalue weighted by Crippen LogP contribution is -2.27. The highest BCUT2D eigenvalue weighted by Crippen LogP contribution is 2.27. The van der Waals surface area contributed by atoms with E-state index in [1.54, 1.807) is 10.9 Å². The highest BCUT2D eigenvalue weighted by Gasteiger charge is 2.22. The van der Waals surface area contributed by atoms with E-state index in [1.165, 1.54) is 37.7 Å². The van der Waals surface area contributed by atoms with Crippen LogP contribution in [0.5, 0.6) is 0 Å². The number of nitrogens with zero attached hydrogens (tertiary/aromatic N) is 4. The molecule has 0 bridgehead atoms. The Labute approximate surface area is 222 Å². The maximum Gasteiger partial charge on any atom is 0.162 e. The minimum absolute atomic E-state index is 0.106. The van der Waals surface area contributed by atoms with Gasteiger partial charge in [0.05, 0.1) is 12.1 Å². The molecule has 1 aromatic heterocycles. The second-order valence-electron chi connectivity index (χ2n) is 11.0. The van der Waals surface area contributed by atoms with Crippen molar-refractivity contribution in [3.05, 3.63) is 42.0 Å². The zero-order valence-electron chi connectivity index (χ0n) is 23.4. The smallest absolute Gasteiger partial charge is 0.162 e. The number of carbonyl (C=O) groups excluding carboxylic acids is 2. The van der Waals surface area contributed by atoms with Crippen LogP contribution in [-0.2, 0) is 22.1 Å². The number of hydrogen-bond acceptors (Lipinski definition) is 8. The Balaban J connectivity index is 0.000000244. The van der Waals surface area contributed by atoms with Crippen molar-refractivity contribution in [2.75, 3.05) is 25.5 Å². The number of aliphatic hydroxyl groups excluding tert-OH is 1. The van der Waals surface area contributed by atoms with Gasteiger partial charge in [-0.2, -0.15) is 0 Å². The fraction of sp³-hybridized carbons (Fsp3) is 0.643. The number of anilines is 1. The molecule has 3 atom stereocenters. The summed E-state index contributed by atoms with van der Waals surface area (Å²) < 4.78 is 1.76. The fourth-order valence-electron chi connectivity index (χ4n) is 4.48. The minimum Gasteiger partial charge on any atom is -0.392 e. The minimum atomic E-state index is -0.446. The van der Waals surface area contributed by atoms with Crippen LogP contribution in [0.4, 0.5) is 5.69 Å². The molecule has 9 nitrogen and oxygen atoms in total. The van der Waals surface area contributed by atoms with Crippen molar-refractivity contribution in [1.82, 2.24) is 25.4 Å². The topological polar surface area (TPSA) is 112 Å². The van der Waals surface area contributed by atoms with E-state index in [4.69, 9.17) is 5.11 Å². The van der Waals surface area contributed by atoms with E-state index in [1.807, 2.05) is 31.1 Å². The molecule has 0 spiro atoms. The molecule has 2 aliphatic rings. The Bertz CT molecular complexity index is 934. The number of aliphatic hydroxyl groups is 1. The molecule has 0 radical (unpaired) electrons. The van der Waals surface area contributed by atoms with Crippen molar-refractivity contribution in [1.29, 1.82) is 0 Å². The maximum absolute atomic E-state index is 11.5. The third-order valence-electron chi connectivity index (χ3n) is 7.02. The van der Waals surface area contributed by atoms with Crippen LogP contribution in [0.15, 0.2) is 30.6 Å². The number of nitrogens with one attached hydrogen (secondary N) is 2. The Morgan fingerprint density at radius 2 is 1.81 bits per heavy atom. The van der Waals surface area contributed by atoms with Crippen LogP contribution in [-0.4, -0.2) is 71.3 Å². The van der Waals surface area contributed by atoms with Gasteiger partial charge in [-0.25, -0.2) is 0 Å². The van der Waals surface area contributed by atoms with Crippen molar-refractivity contribution < 1.29 is 14.7 Å². The van der Waals surface area contributed by atoms with Crippen LogP contribution in [0, 0.1) is 0 Å². The van der Waals surface area contributed by atoms with Gasteiger partial charge in [0.1, 0.15) is 24.9 Å². The lowest BCUT2D eigenvalue weighted by Gasteiger charge is -2.26. The van der Waals surface area contributed by atoms with E-state index < -0.39 is 6.04 Å². The van der Waals surface area contributed by atoms with Gasteiger partial charge in [0.25, 0.3) is 0 Å². The Kier molecular flexibility index (Phi) is 12.4. The van der Waals surface area contributed by atoms with Gasteiger partial charge in [0.15, 0.2) is 5.82 Å². The normalized spacial score (nSPS) is 20.6. The molecule has 206 valence electrons. The van der Waals surface area contributed by atoms with Gasteiger partial charge in [-0.15, -0.1) is 10.2 Å². The molecule has 1 aliphatic carbocycles. The van der Waals surface area contributed by atoms with E-state index >= 15 is 0 Å². The third kappa shape index (κ3) is 9.64. The monoisotopic (exact) mass is 514 g/mol. The Hall–Kier alpha value is -2.62. The fourth-order valence-corrected chi connectivity index (χ4v) is 4.48. The molecule has 0 amide bonds. The second-order valence-corrected chi connectivity index (χ2v) is 11.0. The maximum atomic E-state index is 11.5. The van der Waals surface area contributed by atoms with Crippen molar-refractivity contribution in [3.63, 3.8) is 0 Å². The average molecular weight is 515 g/mol. The number of hydrogen-bond donors (Lipinski definition) is 3. The molecule has 3 N–H and O–H groups in total. The summed E-state index contributed by atoms with van der Waals surface area (Å²) in [4.78, 5) is 23.4. The van der Waals surface area contributed by atoms with E-state index in [2.05, 4.69) is 60.8 Å². The molecule has 2 heterocycles. The van der Waals surface area contributed by atoms with Crippen molar-refractivity contribution in [2.45, 2.75) is 88.9 Å². The Morgan fingerprint density at radius 3 is 2.19 bits per heavy atom. The number of aldehydes is 2. The summed E-state index contributed by atoms with van der Waals surface area (Å²) in [6.07, 6.45) is 10.7. The lowest BCUT2D eigenvalue weighted by atomic mass is 9.87. The highest BCUT2D eigenvalue weighted by atomic mass is 16.3. The molecule has 1 aromatic carbocycles. The summed E-state index contributed by atoms with van der Waals surface area (Å²) in [5, 5.41) is 22.8. The molecular formula is C28H46N6O3. The average Bonchev–Trinajstić information content (AvgIpc) is 3.53. The van der Waals surface area contributed by atoms with Gasteiger partial charge >= 0.3 is 0 Å². The van der Waals surface area contributed by atoms with Crippen LogP contribution in [0.25, 0.3) is 0 Å². The van der Waals surface area contributed by atoms with E-state index in [0.717, 1.165) is 24.3 Å². The third-order valence-corrected chi connectivity index (χ3v) is 7.02. The lowest BCUT2D eigenvalue weighted by molar-refractivity contribution is -0.110. The molecule has 3 unspecified atom stereocenters. The SMILES string of the molecule is CN(c1ccc(C(C)(C)C)cc1)C(C=O)c1nncn1C.CNC1CCCCC1.O=CC1CC(O)CN1. The molecule has 4 rings (SSSR count). The first-order valence-corrected chi connectivity index (χ1v) is 13.3. The number of rotatable bonds is 6. The molecular weight excluding hydrogens is 468 g/mol. The van der Waals surface area contributed by atoms with E-state index in [0.29, 0.717) is 18.8 Å². The first kappa shape index (κ1) is 30.6. The predicted molar refractivity (Wildman–Crippen MR) is 148 cm³/mol. The van der Waals surface area contributed by atoms with Gasteiger partial charge < -0.3 is 34.8 Å². The zero-order valence-corrected chi connectivity index (χ0v) is 23.4. The highest BCUT2D eigenvalue weighted by molar-refractivity contribution is 5.67. The number of β-amino-alcohol motifs (C(OH)–C–C–N with tert-alkyl or cyclic N) is 1. The summed E-state index contributed by atoms with van der Waals surface area (Å²) in [6.45, 7) is 7.10. The molecule has 9 heteroatoms. The predicted octanol–water partition coefficient (Wildman–Crippen LogP) is 2.94. The van der Waals surface area contributed by atoms with Crippen LogP contribution < -0.4 is 15.5 Å². The molecule has 2 fully saturated rings. The molecule has 37 heavy (non-hydrogen) atoms. The summed E-state index contributed by atoms with van der Waals surface area (Å²) in [6, 6.07) is 8.56. The number of carbonyl (C=O) groups is 2. The Morgan fingerprint density at radius 1 is 1.16 bits per heavy atom. The standard InChI is InChI=1S/C16H22N4O.C7H15N.C5H9NO2/c1-16(2,3)12-6-8-13(9-7-12)20(5)14(10-21)15-18-17-11-19(15)4;1-8-7-5-3-2-4-6-7;7-3-4-1-5(8)2-6-4/h6-11,14H,1-5H3;7-8H,2-6H2,1H3;3-6,8H,1-2H2. The first-order valence-electron chi connectivity index (χ1n) is 13.3. The van der Waals surface area contributed by atoms with Crippen LogP contribution in [0.2, 0.25) is 0 Å². The molecule has 2 aromatic rings. The largest absolute Gasteiger partial charge is 0.392 e. The number of benzene rings is 1. The van der Waals surface area contributed by atoms with Gasteiger partial charge in [-0.05, 0) is 49.4 Å². The van der Waals surface area contributed by atoms with Crippen LogP contribution >= 0.6 is 0 Å². The van der Waals surface area contributed by atoms with Crippen molar-refractivity contribution >= 4 is 18.3 Å². The molecule has 1 saturated heterocycles. The summed E-state index contributed by atoms with van der Waals surface area (Å²) in [5.41, 5.74) is 2.36. The van der Waals surface area contributed by atoms with Gasteiger partial charge in [-0.1, -0.05) is 52.2 Å². The zero-order chi connectivity index (χ0) is 27.4. The number of likely N-dealkylation sites (N-methyl/N-ethyl adjacent to an activating group) is 1. The van der Waals surface area contributed by atoms with Gasteiger partial charge in [0.2, 0.25) is 0 Å². The molecule has 1 saturated carbocycles. The van der Waals surface area contributed by atoms with Crippen molar-refractivity contribution in [2.24, 2.45) is 7.05 Å². The van der Waals surface area contributed by atoms with Gasteiger partial charge in [0, 0.05) is 32.4 Å². The van der Waals surface area contributed by atoms with Crippen molar-refractivity contribution in [3.8, 4) is 0 Å². The summed E-state index contributed by atoms with van der Waals surface area (Å²) in [5.74, 6) is 0.632. The summed E-state index contributed by atoms with van der Waals surface area (Å²) >= 11 is 0. The molecule has 1 aliphatic heterocycles. The first-order chi connectivity index (χ1) is 17.6. The van der Waals surface area contributed by atoms with Crippen LogP contribution in [0.1, 0.15) is 76.7 Å². The van der Waals surface area contributed by atoms with Crippen LogP contribution in [0.3, 0.4) is 0 Å². The van der Waals surface area contributed by atoms with E-state index in [9.17, 15) is 9.59 Å². The number of aryl methyl sites for hydroxylation is 1. The quantitative estimate of drug-likeness (QED) is 0.505.